The zero-order valence-electron chi connectivity index (χ0n) is 10.5. The fourth-order valence-corrected chi connectivity index (χ4v) is 1.07. The zero-order valence-corrected chi connectivity index (χ0v) is 10.5. The molecule has 0 heterocycles. The van der Waals surface area contributed by atoms with Gasteiger partial charge in [-0.25, -0.2) is 0 Å². The minimum absolute atomic E-state index is 0.204. The summed E-state index contributed by atoms with van der Waals surface area (Å²) >= 11 is 0. The molecule has 5 heteroatoms. The maximum absolute atomic E-state index is 11.6. The van der Waals surface area contributed by atoms with E-state index in [1.807, 2.05) is 6.92 Å². The third-order valence-corrected chi connectivity index (χ3v) is 2.24. The molecule has 0 fully saturated rings. The van der Waals surface area contributed by atoms with Crippen molar-refractivity contribution in [1.82, 2.24) is 10.2 Å². The Morgan fingerprint density at radius 3 is 2.38 bits per heavy atom. The Labute approximate surface area is 96.8 Å². The smallest absolute Gasteiger partial charge is 0.311 e. The van der Waals surface area contributed by atoms with Gasteiger partial charge >= 0.3 is 11.8 Å². The first kappa shape index (κ1) is 14.9. The van der Waals surface area contributed by atoms with Crippen LogP contribution in [0.2, 0.25) is 0 Å². The lowest BCUT2D eigenvalue weighted by Crippen LogP contribution is -2.52. The first-order chi connectivity index (χ1) is 7.34. The van der Waals surface area contributed by atoms with Crippen molar-refractivity contribution < 1.29 is 14.7 Å². The van der Waals surface area contributed by atoms with Crippen LogP contribution in [0.1, 0.15) is 33.6 Å². The lowest BCUT2D eigenvalue weighted by Gasteiger charge is -2.24. The van der Waals surface area contributed by atoms with E-state index in [4.69, 9.17) is 5.11 Å². The van der Waals surface area contributed by atoms with Crippen LogP contribution in [0, 0.1) is 0 Å². The molecule has 0 unspecified atom stereocenters. The number of amides is 2. The topological polar surface area (TPSA) is 69.6 Å². The maximum Gasteiger partial charge on any atom is 0.311 e. The predicted octanol–water partition coefficient (Wildman–Crippen LogP) is 0.132. The number of carbonyl (C=O) groups is 2. The van der Waals surface area contributed by atoms with Gasteiger partial charge in [0.1, 0.15) is 0 Å². The van der Waals surface area contributed by atoms with Gasteiger partial charge in [0.25, 0.3) is 0 Å². The van der Waals surface area contributed by atoms with Crippen LogP contribution in [0.5, 0.6) is 0 Å². The molecule has 0 spiro atoms. The number of hydrogen-bond donors (Lipinski definition) is 2. The van der Waals surface area contributed by atoms with Crippen molar-refractivity contribution in [2.75, 3.05) is 20.2 Å². The highest BCUT2D eigenvalue weighted by atomic mass is 16.3. The Morgan fingerprint density at radius 1 is 1.38 bits per heavy atom. The van der Waals surface area contributed by atoms with Gasteiger partial charge < -0.3 is 15.3 Å². The zero-order chi connectivity index (χ0) is 12.8. The van der Waals surface area contributed by atoms with Crippen LogP contribution >= 0.6 is 0 Å². The van der Waals surface area contributed by atoms with Crippen molar-refractivity contribution in [3.63, 3.8) is 0 Å². The van der Waals surface area contributed by atoms with Crippen LogP contribution in [-0.2, 0) is 9.59 Å². The lowest BCUT2D eigenvalue weighted by molar-refractivity contribution is -0.146. The van der Waals surface area contributed by atoms with Crippen molar-refractivity contribution in [3.05, 3.63) is 0 Å². The summed E-state index contributed by atoms with van der Waals surface area (Å²) in [7, 11) is 1.60. The summed E-state index contributed by atoms with van der Waals surface area (Å²) in [6, 6.07) is 0. The molecule has 0 atom stereocenters. The number of aliphatic hydroxyl groups excluding tert-OH is 1. The molecule has 0 saturated heterocycles. The molecule has 2 amide bonds. The molecule has 0 radical (unpaired) electrons. The fraction of sp³-hybridized carbons (Fsp3) is 0.818. The third-order valence-electron chi connectivity index (χ3n) is 2.24. The summed E-state index contributed by atoms with van der Waals surface area (Å²) in [6.45, 7) is 5.70. The van der Waals surface area contributed by atoms with Gasteiger partial charge in [0.2, 0.25) is 0 Å². The SMILES string of the molecule is CCCCN(C)C(=O)C(=O)NC(C)(C)CO. The predicted molar refractivity (Wildman–Crippen MR) is 61.9 cm³/mol. The van der Waals surface area contributed by atoms with Crippen LogP contribution in [0.3, 0.4) is 0 Å². The van der Waals surface area contributed by atoms with Gasteiger partial charge in [0.15, 0.2) is 0 Å². The van der Waals surface area contributed by atoms with Crippen LogP contribution in [0.4, 0.5) is 0 Å². The number of unbranched alkanes of at least 4 members (excludes halogenated alkanes) is 1. The molecule has 0 bridgehead atoms. The minimum Gasteiger partial charge on any atom is -0.394 e. The molecule has 0 aromatic rings. The van der Waals surface area contributed by atoms with E-state index in [0.717, 1.165) is 12.8 Å². The Kier molecular flexibility index (Phi) is 6.03. The monoisotopic (exact) mass is 230 g/mol. The summed E-state index contributed by atoms with van der Waals surface area (Å²) in [5.74, 6) is -1.23. The molecule has 0 aliphatic rings. The molecule has 0 aromatic carbocycles. The Balaban J connectivity index is 4.23. The number of aliphatic hydroxyl groups is 1. The minimum atomic E-state index is -0.766. The van der Waals surface area contributed by atoms with Gasteiger partial charge in [0.05, 0.1) is 12.1 Å². The second kappa shape index (κ2) is 6.48. The van der Waals surface area contributed by atoms with E-state index in [1.54, 1.807) is 20.9 Å². The van der Waals surface area contributed by atoms with E-state index in [0.29, 0.717) is 6.54 Å². The van der Waals surface area contributed by atoms with Crippen molar-refractivity contribution in [2.45, 2.75) is 39.2 Å². The summed E-state index contributed by atoms with van der Waals surface area (Å²) < 4.78 is 0. The van der Waals surface area contributed by atoms with E-state index in [-0.39, 0.29) is 6.61 Å². The molecule has 94 valence electrons. The molecule has 0 rings (SSSR count). The van der Waals surface area contributed by atoms with Crippen molar-refractivity contribution in [2.24, 2.45) is 0 Å². The molecule has 0 aliphatic heterocycles. The molecule has 16 heavy (non-hydrogen) atoms. The first-order valence-corrected chi connectivity index (χ1v) is 5.52. The molecule has 5 nitrogen and oxygen atoms in total. The summed E-state index contributed by atoms with van der Waals surface area (Å²) in [5, 5.41) is 11.4. The van der Waals surface area contributed by atoms with Crippen molar-refractivity contribution in [1.29, 1.82) is 0 Å². The van der Waals surface area contributed by atoms with Crippen molar-refractivity contribution >= 4 is 11.8 Å². The normalized spacial score (nSPS) is 11.1. The van der Waals surface area contributed by atoms with E-state index in [2.05, 4.69) is 5.32 Å². The first-order valence-electron chi connectivity index (χ1n) is 5.52. The van der Waals surface area contributed by atoms with Gasteiger partial charge in [-0.1, -0.05) is 13.3 Å². The molecular weight excluding hydrogens is 208 g/mol. The molecule has 0 aromatic heterocycles. The molecule has 2 N–H and O–H groups in total. The van der Waals surface area contributed by atoms with Gasteiger partial charge in [0, 0.05) is 13.6 Å². The Bertz CT molecular complexity index is 252. The van der Waals surface area contributed by atoms with Crippen LogP contribution in [0.25, 0.3) is 0 Å². The average Bonchev–Trinajstić information content (AvgIpc) is 2.24. The lowest BCUT2D eigenvalue weighted by atomic mass is 10.1. The van der Waals surface area contributed by atoms with Gasteiger partial charge in [-0.05, 0) is 20.3 Å². The van der Waals surface area contributed by atoms with E-state index < -0.39 is 17.4 Å². The van der Waals surface area contributed by atoms with Crippen LogP contribution < -0.4 is 5.32 Å². The fourth-order valence-electron chi connectivity index (χ4n) is 1.07. The molecule has 0 aliphatic carbocycles. The number of likely N-dealkylation sites (N-methyl/N-ethyl adjacent to an activating group) is 1. The molecular formula is C11H22N2O3. The summed E-state index contributed by atoms with van der Waals surface area (Å²) in [6.07, 6.45) is 1.85. The standard InChI is InChI=1S/C11H22N2O3/c1-5-6-7-13(4)10(16)9(15)12-11(2,3)8-14/h14H,5-8H2,1-4H3,(H,12,15). The van der Waals surface area contributed by atoms with Crippen molar-refractivity contribution in [3.8, 4) is 0 Å². The summed E-state index contributed by atoms with van der Waals surface area (Å²) in [5.41, 5.74) is -0.766. The number of rotatable bonds is 5. The number of hydrogen-bond acceptors (Lipinski definition) is 3. The Hall–Kier alpha value is -1.10. The Morgan fingerprint density at radius 2 is 1.94 bits per heavy atom. The highest BCUT2D eigenvalue weighted by Crippen LogP contribution is 2.00. The van der Waals surface area contributed by atoms with E-state index in [1.165, 1.54) is 4.90 Å². The summed E-state index contributed by atoms with van der Waals surface area (Å²) in [4.78, 5) is 24.5. The van der Waals surface area contributed by atoms with Gasteiger partial charge in [-0.3, -0.25) is 9.59 Å². The highest BCUT2D eigenvalue weighted by Gasteiger charge is 2.25. The average molecular weight is 230 g/mol. The number of nitrogens with zero attached hydrogens (tertiary/aromatic N) is 1. The van der Waals surface area contributed by atoms with E-state index in [9.17, 15) is 9.59 Å². The van der Waals surface area contributed by atoms with Crippen LogP contribution in [-0.4, -0.2) is 47.6 Å². The second-order valence-corrected chi connectivity index (χ2v) is 4.58. The van der Waals surface area contributed by atoms with E-state index >= 15 is 0 Å². The van der Waals surface area contributed by atoms with Gasteiger partial charge in [-0.15, -0.1) is 0 Å². The highest BCUT2D eigenvalue weighted by molar-refractivity contribution is 6.35. The second-order valence-electron chi connectivity index (χ2n) is 4.58. The number of nitrogens with one attached hydrogen (secondary N) is 1. The van der Waals surface area contributed by atoms with Crippen LogP contribution in [0.15, 0.2) is 0 Å². The quantitative estimate of drug-likeness (QED) is 0.660. The maximum atomic E-state index is 11.6. The molecule has 0 saturated carbocycles. The van der Waals surface area contributed by atoms with Gasteiger partial charge in [-0.2, -0.15) is 0 Å². The largest absolute Gasteiger partial charge is 0.394 e. The third kappa shape index (κ3) is 5.11. The number of carbonyl (C=O) groups excluding carboxylic acids is 2.